The van der Waals surface area contributed by atoms with Crippen LogP contribution in [0.3, 0.4) is 0 Å². The summed E-state index contributed by atoms with van der Waals surface area (Å²) in [6, 6.07) is 14.2. The Kier molecular flexibility index (Phi) is 6.56. The standard InChI is InChI=1S/C25H31N3O3/c1-5-29-22-8-6-7-9-23(22)30-21-12-14-28(15-13-21)19(4)24-26-27-25(31-24)20-11-10-17(2)18(3)16-20/h6-11,16,19,21H,5,12-15H2,1-4H3. The van der Waals surface area contributed by atoms with Crippen LogP contribution in [0.5, 0.6) is 11.5 Å². The fourth-order valence-corrected chi connectivity index (χ4v) is 3.93. The Morgan fingerprint density at radius 2 is 1.77 bits per heavy atom. The summed E-state index contributed by atoms with van der Waals surface area (Å²) < 4.78 is 18.0. The molecule has 0 aliphatic carbocycles. The summed E-state index contributed by atoms with van der Waals surface area (Å²) in [6.45, 7) is 10.8. The van der Waals surface area contributed by atoms with Gasteiger partial charge in [0.15, 0.2) is 11.5 Å². The van der Waals surface area contributed by atoms with Gasteiger partial charge in [0.1, 0.15) is 6.10 Å². The molecule has 2 aromatic carbocycles. The summed E-state index contributed by atoms with van der Waals surface area (Å²) in [5, 5.41) is 8.62. The molecular weight excluding hydrogens is 390 g/mol. The molecule has 0 N–H and O–H groups in total. The average molecular weight is 422 g/mol. The van der Waals surface area contributed by atoms with Crippen LogP contribution in [0.1, 0.15) is 49.7 Å². The van der Waals surface area contributed by atoms with E-state index in [1.165, 1.54) is 11.1 Å². The Balaban J connectivity index is 1.36. The minimum absolute atomic E-state index is 0.0736. The van der Waals surface area contributed by atoms with Crippen LogP contribution in [0, 0.1) is 13.8 Å². The predicted molar refractivity (Wildman–Crippen MR) is 120 cm³/mol. The van der Waals surface area contributed by atoms with Crippen LogP contribution in [0.2, 0.25) is 0 Å². The summed E-state index contributed by atoms with van der Waals surface area (Å²) >= 11 is 0. The lowest BCUT2D eigenvalue weighted by molar-refractivity contribution is 0.0701. The molecule has 1 atom stereocenters. The molecule has 1 aromatic heterocycles. The van der Waals surface area contributed by atoms with E-state index in [-0.39, 0.29) is 12.1 Å². The molecule has 3 aromatic rings. The fraction of sp³-hybridized carbons (Fsp3) is 0.440. The van der Waals surface area contributed by atoms with Crippen LogP contribution >= 0.6 is 0 Å². The van der Waals surface area contributed by atoms with E-state index in [4.69, 9.17) is 13.9 Å². The second-order valence-corrected chi connectivity index (χ2v) is 8.15. The molecule has 164 valence electrons. The highest BCUT2D eigenvalue weighted by atomic mass is 16.5. The van der Waals surface area contributed by atoms with Crippen LogP contribution in [0.4, 0.5) is 0 Å². The lowest BCUT2D eigenvalue weighted by atomic mass is 10.1. The topological polar surface area (TPSA) is 60.6 Å². The van der Waals surface area contributed by atoms with Gasteiger partial charge in [0.2, 0.25) is 11.8 Å². The Labute approximate surface area is 184 Å². The highest BCUT2D eigenvalue weighted by Gasteiger charge is 2.28. The third-order valence-electron chi connectivity index (χ3n) is 6.02. The average Bonchev–Trinajstić information content (AvgIpc) is 3.27. The van der Waals surface area contributed by atoms with Gasteiger partial charge in [-0.15, -0.1) is 10.2 Å². The molecule has 1 aliphatic rings. The first-order valence-electron chi connectivity index (χ1n) is 11.1. The normalized spacial score (nSPS) is 16.3. The first-order chi connectivity index (χ1) is 15.0. The van der Waals surface area contributed by atoms with Crippen molar-refractivity contribution in [2.45, 2.75) is 52.7 Å². The quantitative estimate of drug-likeness (QED) is 0.512. The third-order valence-corrected chi connectivity index (χ3v) is 6.02. The molecule has 0 radical (unpaired) electrons. The van der Waals surface area contributed by atoms with E-state index >= 15 is 0 Å². The Morgan fingerprint density at radius 3 is 2.48 bits per heavy atom. The molecule has 2 heterocycles. The maximum Gasteiger partial charge on any atom is 0.247 e. The van der Waals surface area contributed by atoms with Crippen molar-refractivity contribution in [2.24, 2.45) is 0 Å². The highest BCUT2D eigenvalue weighted by molar-refractivity contribution is 5.55. The lowest BCUT2D eigenvalue weighted by Gasteiger charge is -2.34. The summed E-state index contributed by atoms with van der Waals surface area (Å²) in [7, 11) is 0. The van der Waals surface area contributed by atoms with Gasteiger partial charge in [0, 0.05) is 18.7 Å². The predicted octanol–water partition coefficient (Wildman–Crippen LogP) is 5.36. The smallest absolute Gasteiger partial charge is 0.247 e. The molecule has 0 spiro atoms. The fourth-order valence-electron chi connectivity index (χ4n) is 3.93. The number of nitrogens with zero attached hydrogens (tertiary/aromatic N) is 3. The van der Waals surface area contributed by atoms with Crippen molar-refractivity contribution < 1.29 is 13.9 Å². The van der Waals surface area contributed by atoms with E-state index in [2.05, 4.69) is 48.0 Å². The molecule has 0 amide bonds. The van der Waals surface area contributed by atoms with Crippen molar-refractivity contribution >= 4 is 0 Å². The number of aryl methyl sites for hydroxylation is 2. The molecule has 4 rings (SSSR count). The third kappa shape index (κ3) is 4.90. The van der Waals surface area contributed by atoms with Gasteiger partial charge >= 0.3 is 0 Å². The molecule has 1 saturated heterocycles. The summed E-state index contributed by atoms with van der Waals surface area (Å²) in [6.07, 6.45) is 2.07. The second kappa shape index (κ2) is 9.52. The largest absolute Gasteiger partial charge is 0.490 e. The first kappa shape index (κ1) is 21.4. The summed E-state index contributed by atoms with van der Waals surface area (Å²) in [4.78, 5) is 2.38. The van der Waals surface area contributed by atoms with Crippen molar-refractivity contribution in [3.8, 4) is 23.0 Å². The van der Waals surface area contributed by atoms with Crippen molar-refractivity contribution in [3.05, 3.63) is 59.5 Å². The lowest BCUT2D eigenvalue weighted by Crippen LogP contribution is -2.39. The second-order valence-electron chi connectivity index (χ2n) is 8.15. The summed E-state index contributed by atoms with van der Waals surface area (Å²) in [5.41, 5.74) is 3.44. The molecule has 0 bridgehead atoms. The number of para-hydroxylation sites is 2. The Morgan fingerprint density at radius 1 is 1.03 bits per heavy atom. The van der Waals surface area contributed by atoms with Gasteiger partial charge in [-0.2, -0.15) is 0 Å². The number of hydrogen-bond donors (Lipinski definition) is 0. The van der Waals surface area contributed by atoms with Crippen LogP contribution in [-0.4, -0.2) is 40.9 Å². The molecule has 1 unspecified atom stereocenters. The van der Waals surface area contributed by atoms with Gasteiger partial charge in [0.25, 0.3) is 0 Å². The van der Waals surface area contributed by atoms with E-state index in [0.29, 0.717) is 18.4 Å². The SMILES string of the molecule is CCOc1ccccc1OC1CCN(C(C)c2nnc(-c3ccc(C)c(C)c3)o2)CC1. The van der Waals surface area contributed by atoms with Gasteiger partial charge < -0.3 is 13.9 Å². The van der Waals surface area contributed by atoms with Gasteiger partial charge in [0.05, 0.1) is 12.6 Å². The van der Waals surface area contributed by atoms with Crippen LogP contribution in [0.25, 0.3) is 11.5 Å². The van der Waals surface area contributed by atoms with Crippen LogP contribution in [0.15, 0.2) is 46.9 Å². The van der Waals surface area contributed by atoms with Crippen molar-refractivity contribution in [3.63, 3.8) is 0 Å². The number of benzene rings is 2. The van der Waals surface area contributed by atoms with Crippen molar-refractivity contribution in [1.82, 2.24) is 15.1 Å². The number of aromatic nitrogens is 2. The van der Waals surface area contributed by atoms with Gasteiger partial charge in [-0.1, -0.05) is 18.2 Å². The monoisotopic (exact) mass is 421 g/mol. The van der Waals surface area contributed by atoms with Gasteiger partial charge in [-0.3, -0.25) is 4.90 Å². The Hall–Kier alpha value is -2.86. The first-order valence-corrected chi connectivity index (χ1v) is 11.1. The van der Waals surface area contributed by atoms with E-state index in [1.54, 1.807) is 0 Å². The Bertz CT molecular complexity index is 1010. The maximum absolute atomic E-state index is 6.25. The van der Waals surface area contributed by atoms with Crippen molar-refractivity contribution in [1.29, 1.82) is 0 Å². The maximum atomic E-state index is 6.25. The molecule has 1 aliphatic heterocycles. The van der Waals surface area contributed by atoms with Gasteiger partial charge in [-0.05, 0) is 75.9 Å². The molecular formula is C25H31N3O3. The highest BCUT2D eigenvalue weighted by Crippen LogP contribution is 2.31. The van der Waals surface area contributed by atoms with E-state index in [1.807, 2.05) is 37.3 Å². The molecule has 6 nitrogen and oxygen atoms in total. The van der Waals surface area contributed by atoms with E-state index < -0.39 is 0 Å². The zero-order valence-electron chi connectivity index (χ0n) is 18.8. The number of hydrogen-bond acceptors (Lipinski definition) is 6. The zero-order valence-corrected chi connectivity index (χ0v) is 18.8. The van der Waals surface area contributed by atoms with Crippen LogP contribution in [-0.2, 0) is 0 Å². The van der Waals surface area contributed by atoms with E-state index in [0.717, 1.165) is 43.0 Å². The number of ether oxygens (including phenoxy) is 2. The molecule has 0 saturated carbocycles. The minimum Gasteiger partial charge on any atom is -0.490 e. The van der Waals surface area contributed by atoms with Crippen LogP contribution < -0.4 is 9.47 Å². The number of likely N-dealkylation sites (tertiary alicyclic amines) is 1. The number of piperidine rings is 1. The zero-order chi connectivity index (χ0) is 21.8. The molecule has 6 heteroatoms. The van der Waals surface area contributed by atoms with Gasteiger partial charge in [-0.25, -0.2) is 0 Å². The molecule has 31 heavy (non-hydrogen) atoms. The molecule has 1 fully saturated rings. The summed E-state index contributed by atoms with van der Waals surface area (Å²) in [5.74, 6) is 2.88. The van der Waals surface area contributed by atoms with Crippen molar-refractivity contribution in [2.75, 3.05) is 19.7 Å². The number of rotatable bonds is 7. The van der Waals surface area contributed by atoms with E-state index in [9.17, 15) is 0 Å². The minimum atomic E-state index is 0.0736.